The number of carbonyl (C=O) groups is 2. The van der Waals surface area contributed by atoms with E-state index < -0.39 is 22.0 Å². The van der Waals surface area contributed by atoms with Gasteiger partial charge < -0.3 is 10.4 Å². The molecule has 0 bridgehead atoms. The highest BCUT2D eigenvalue weighted by Crippen LogP contribution is 2.31. The van der Waals surface area contributed by atoms with Crippen molar-refractivity contribution in [3.63, 3.8) is 0 Å². The molecule has 0 aliphatic rings. The molecule has 0 saturated carbocycles. The minimum absolute atomic E-state index is 0.0732. The number of carbonyl (C=O) groups excluding carboxylic acids is 2. The van der Waals surface area contributed by atoms with Gasteiger partial charge in [-0.05, 0) is 47.5 Å². The van der Waals surface area contributed by atoms with Crippen molar-refractivity contribution in [1.29, 1.82) is 0 Å². The molecule has 14 heteroatoms. The highest BCUT2D eigenvalue weighted by Gasteiger charge is 2.23. The number of rotatable bonds is 10. The summed E-state index contributed by atoms with van der Waals surface area (Å²) in [5.41, 5.74) is 3.83. The molecule has 4 rings (SSSR count). The molecule has 0 saturated heterocycles. The van der Waals surface area contributed by atoms with Gasteiger partial charge in [0.25, 0.3) is 11.8 Å². The Kier molecular flexibility index (Phi) is 8.16. The van der Waals surface area contributed by atoms with Crippen LogP contribution in [0.15, 0.2) is 71.1 Å². The van der Waals surface area contributed by atoms with E-state index >= 15 is 0 Å². The number of nitrogens with zero attached hydrogens (tertiary/aromatic N) is 3. The fourth-order valence-electron chi connectivity index (χ4n) is 3.57. The van der Waals surface area contributed by atoms with Crippen molar-refractivity contribution < 1.29 is 28.3 Å². The predicted octanol–water partition coefficient (Wildman–Crippen LogP) is 1.84. The lowest BCUT2D eigenvalue weighted by Crippen LogP contribution is -2.32. The second-order valence-electron chi connectivity index (χ2n) is 8.15. The van der Waals surface area contributed by atoms with Gasteiger partial charge in [-0.25, -0.2) is 23.3 Å². The summed E-state index contributed by atoms with van der Waals surface area (Å²) in [6, 6.07) is 15.2. The first-order chi connectivity index (χ1) is 18.2. The first-order valence-electron chi connectivity index (χ1n) is 11.2. The van der Waals surface area contributed by atoms with Crippen molar-refractivity contribution >= 4 is 33.2 Å². The smallest absolute Gasteiger partial charge is 0.268 e. The Balaban J connectivity index is 1.44. The first kappa shape index (κ1) is 26.9. The molecule has 2 aromatic heterocycles. The summed E-state index contributed by atoms with van der Waals surface area (Å²) >= 11 is 1.08. The Morgan fingerprint density at radius 3 is 2.42 bits per heavy atom. The van der Waals surface area contributed by atoms with Crippen LogP contribution < -0.4 is 15.5 Å². The Morgan fingerprint density at radius 2 is 1.76 bits per heavy atom. The summed E-state index contributed by atoms with van der Waals surface area (Å²) in [5, 5.41) is 29.0. The summed E-state index contributed by atoms with van der Waals surface area (Å²) in [4.78, 5) is 24.7. The van der Waals surface area contributed by atoms with E-state index in [2.05, 4.69) is 20.4 Å². The maximum Gasteiger partial charge on any atom is 0.268 e. The van der Waals surface area contributed by atoms with E-state index in [1.165, 1.54) is 29.1 Å². The number of sulfonamides is 1. The average molecular weight is 557 g/mol. The fourth-order valence-corrected chi connectivity index (χ4v) is 5.93. The second kappa shape index (κ2) is 11.5. The van der Waals surface area contributed by atoms with Crippen LogP contribution >= 0.6 is 11.3 Å². The number of phenolic OH excluding ortho intramolecular Hbond substituents is 1. The predicted molar refractivity (Wildman–Crippen MR) is 138 cm³/mol. The minimum atomic E-state index is -3.87. The highest BCUT2D eigenvalue weighted by molar-refractivity contribution is 7.91. The molecule has 5 N–H and O–H groups in total. The largest absolute Gasteiger partial charge is 0.508 e. The topological polar surface area (TPSA) is 176 Å². The molecule has 0 unspecified atom stereocenters. The zero-order chi connectivity index (χ0) is 27.3. The van der Waals surface area contributed by atoms with Gasteiger partial charge in [-0.3, -0.25) is 14.8 Å². The molecule has 12 nitrogen and oxygen atoms in total. The van der Waals surface area contributed by atoms with Gasteiger partial charge in [0.2, 0.25) is 10.0 Å². The van der Waals surface area contributed by atoms with E-state index in [-0.39, 0.29) is 34.5 Å². The van der Waals surface area contributed by atoms with Crippen LogP contribution in [0.5, 0.6) is 5.75 Å². The summed E-state index contributed by atoms with van der Waals surface area (Å²) in [5.74, 6) is -0.871. The van der Waals surface area contributed by atoms with Gasteiger partial charge in [0.15, 0.2) is 0 Å². The fraction of sp³-hybridized carbons (Fsp3) is 0.167. The van der Waals surface area contributed by atoms with Gasteiger partial charge in [0.1, 0.15) is 16.0 Å². The van der Waals surface area contributed by atoms with E-state index in [0.717, 1.165) is 16.9 Å². The van der Waals surface area contributed by atoms with E-state index in [1.54, 1.807) is 55.0 Å². The Labute approximate surface area is 222 Å². The van der Waals surface area contributed by atoms with Crippen LogP contribution in [-0.2, 0) is 27.8 Å². The van der Waals surface area contributed by atoms with Crippen molar-refractivity contribution in [2.75, 3.05) is 7.05 Å². The molecule has 1 atom stereocenters. The van der Waals surface area contributed by atoms with Crippen LogP contribution in [0.25, 0.3) is 10.4 Å². The number of phenols is 1. The number of amides is 2. The van der Waals surface area contributed by atoms with Crippen LogP contribution in [0.1, 0.15) is 27.7 Å². The normalized spacial score (nSPS) is 12.2. The van der Waals surface area contributed by atoms with E-state index in [1.807, 2.05) is 0 Å². The van der Waals surface area contributed by atoms with Crippen LogP contribution in [0.4, 0.5) is 0 Å². The molecule has 0 fully saturated rings. The molecule has 0 radical (unpaired) electrons. The molecule has 38 heavy (non-hydrogen) atoms. The lowest BCUT2D eigenvalue weighted by atomic mass is 10.1. The summed E-state index contributed by atoms with van der Waals surface area (Å²) in [7, 11) is -2.33. The van der Waals surface area contributed by atoms with Crippen LogP contribution in [0.2, 0.25) is 0 Å². The zero-order valence-corrected chi connectivity index (χ0v) is 21.7. The van der Waals surface area contributed by atoms with Gasteiger partial charge in [-0.2, -0.15) is 0 Å². The number of hydroxylamine groups is 1. The molecule has 4 aromatic rings. The summed E-state index contributed by atoms with van der Waals surface area (Å²) in [6.07, 6.45) is 1.56. The number of nitrogens with one attached hydrogen (secondary N) is 3. The Hall–Kier alpha value is -4.11. The minimum Gasteiger partial charge on any atom is -0.508 e. The lowest BCUT2D eigenvalue weighted by molar-refractivity contribution is -0.133. The zero-order valence-electron chi connectivity index (χ0n) is 20.0. The summed E-state index contributed by atoms with van der Waals surface area (Å²) < 4.78 is 29.5. The van der Waals surface area contributed by atoms with Crippen molar-refractivity contribution in [3.05, 3.63) is 83.7 Å². The van der Waals surface area contributed by atoms with E-state index in [9.17, 15) is 23.1 Å². The standard InChI is InChI=1S/C24H24N6O6S2/c1-25-23(32)17-6-4-16(5-7-17)21-10-11-22(37-21)38(35,36)26-13-18-14-30(29-27-18)20(24(33)28-34)12-15-2-8-19(31)9-3-15/h2-11,14,20,26,31,34H,12-13H2,1H3,(H,25,32)(H,28,33)/t20-/m0/s1. The van der Waals surface area contributed by atoms with Crippen molar-refractivity contribution in [1.82, 2.24) is 30.5 Å². The maximum absolute atomic E-state index is 12.9. The monoisotopic (exact) mass is 556 g/mol. The third-order valence-corrected chi connectivity index (χ3v) is 8.63. The molecular formula is C24H24N6O6S2. The van der Waals surface area contributed by atoms with Crippen molar-refractivity contribution in [2.45, 2.75) is 23.2 Å². The third kappa shape index (κ3) is 6.23. The van der Waals surface area contributed by atoms with Gasteiger partial charge >= 0.3 is 0 Å². The number of hydrogen-bond donors (Lipinski definition) is 5. The number of hydrogen-bond acceptors (Lipinski definition) is 9. The van der Waals surface area contributed by atoms with Crippen molar-refractivity contribution in [3.8, 4) is 16.2 Å². The molecular weight excluding hydrogens is 532 g/mol. The molecule has 2 aromatic carbocycles. The van der Waals surface area contributed by atoms with E-state index in [0.29, 0.717) is 16.0 Å². The van der Waals surface area contributed by atoms with Gasteiger partial charge in [-0.15, -0.1) is 16.4 Å². The van der Waals surface area contributed by atoms with Crippen LogP contribution in [0.3, 0.4) is 0 Å². The SMILES string of the molecule is CNC(=O)c1ccc(-c2ccc(S(=O)(=O)NCc3cn([C@@H](Cc4ccc(O)cc4)C(=O)NO)nn3)s2)cc1. The maximum atomic E-state index is 12.9. The molecule has 198 valence electrons. The van der Waals surface area contributed by atoms with Crippen molar-refractivity contribution in [2.24, 2.45) is 0 Å². The molecule has 0 aliphatic heterocycles. The number of thiophene rings is 1. The molecule has 0 aliphatic carbocycles. The molecule has 0 spiro atoms. The highest BCUT2D eigenvalue weighted by atomic mass is 32.2. The van der Waals surface area contributed by atoms with E-state index in [4.69, 9.17) is 5.21 Å². The number of aromatic nitrogens is 3. The lowest BCUT2D eigenvalue weighted by Gasteiger charge is -2.14. The quantitative estimate of drug-likeness (QED) is 0.145. The summed E-state index contributed by atoms with van der Waals surface area (Å²) in [6.45, 7) is -0.178. The molecule has 2 heterocycles. The Bertz CT molecular complexity index is 1530. The van der Waals surface area contributed by atoms with Crippen LogP contribution in [0, 0.1) is 0 Å². The Morgan fingerprint density at radius 1 is 1.05 bits per heavy atom. The number of aromatic hydroxyl groups is 1. The second-order valence-corrected chi connectivity index (χ2v) is 11.2. The third-order valence-electron chi connectivity index (χ3n) is 5.60. The number of benzene rings is 2. The first-order valence-corrected chi connectivity index (χ1v) is 13.5. The van der Waals surface area contributed by atoms with Gasteiger partial charge in [0.05, 0.1) is 18.4 Å². The molecule has 2 amide bonds. The average Bonchev–Trinajstić information content (AvgIpc) is 3.62. The van der Waals surface area contributed by atoms with Gasteiger partial charge in [-0.1, -0.05) is 29.5 Å². The van der Waals surface area contributed by atoms with Crippen LogP contribution in [-0.4, -0.2) is 52.6 Å². The van der Waals surface area contributed by atoms with Gasteiger partial charge in [0, 0.05) is 23.9 Å².